The fourth-order valence-electron chi connectivity index (χ4n) is 3.03. The molecule has 1 aliphatic rings. The molecule has 3 aromatic carbocycles. The molecule has 0 radical (unpaired) electrons. The predicted octanol–water partition coefficient (Wildman–Crippen LogP) is 6.25. The van der Waals surface area contributed by atoms with E-state index in [0.717, 1.165) is 26.9 Å². The van der Waals surface area contributed by atoms with E-state index in [1.54, 1.807) is 17.0 Å². The predicted molar refractivity (Wildman–Crippen MR) is 119 cm³/mol. The van der Waals surface area contributed by atoms with Crippen LogP contribution in [0.4, 0.5) is 5.69 Å². The fourth-order valence-corrected chi connectivity index (χ4v) is 3.66. The summed E-state index contributed by atoms with van der Waals surface area (Å²) in [4.78, 5) is 19.5. The molecular weight excluding hydrogens is 436 g/mol. The van der Waals surface area contributed by atoms with Crippen LogP contribution in [0.3, 0.4) is 0 Å². The molecule has 1 amide bonds. The van der Waals surface area contributed by atoms with Crippen molar-refractivity contribution >= 4 is 51.0 Å². The van der Waals surface area contributed by atoms with E-state index in [-0.39, 0.29) is 5.91 Å². The molecule has 0 saturated heterocycles. The van der Waals surface area contributed by atoms with E-state index in [9.17, 15) is 4.79 Å². The Kier molecular flexibility index (Phi) is 5.16. The molecule has 0 N–H and O–H groups in total. The van der Waals surface area contributed by atoms with E-state index in [1.807, 2.05) is 73.7 Å². The molecule has 0 unspecified atom stereocenters. The number of rotatable bonds is 3. The van der Waals surface area contributed by atoms with E-state index in [4.69, 9.17) is 11.6 Å². The highest BCUT2D eigenvalue weighted by Crippen LogP contribution is 2.30. The summed E-state index contributed by atoms with van der Waals surface area (Å²) in [5, 5.41) is 0.551. The van der Waals surface area contributed by atoms with Gasteiger partial charge in [-0.05, 0) is 55.0 Å². The van der Waals surface area contributed by atoms with Gasteiger partial charge in [-0.15, -0.1) is 0 Å². The zero-order valence-electron chi connectivity index (χ0n) is 15.1. The van der Waals surface area contributed by atoms with Gasteiger partial charge in [-0.2, -0.15) is 0 Å². The van der Waals surface area contributed by atoms with Gasteiger partial charge in [0.15, 0.2) is 0 Å². The lowest BCUT2D eigenvalue weighted by Crippen LogP contribution is -2.32. The number of anilines is 1. The number of aryl methyl sites for hydroxylation is 1. The normalized spacial score (nSPS) is 15.2. The van der Waals surface area contributed by atoms with Gasteiger partial charge in [-0.1, -0.05) is 69.5 Å². The smallest absolute Gasteiger partial charge is 0.266 e. The van der Waals surface area contributed by atoms with Crippen LogP contribution in [0.25, 0.3) is 6.08 Å². The quantitative estimate of drug-likeness (QED) is 0.433. The van der Waals surface area contributed by atoms with Gasteiger partial charge in [0, 0.05) is 10.0 Å². The number of aliphatic imine (C=N–C) groups is 1. The first-order valence-electron chi connectivity index (χ1n) is 8.75. The first kappa shape index (κ1) is 18.7. The summed E-state index contributed by atoms with van der Waals surface area (Å²) < 4.78 is 0.943. The van der Waals surface area contributed by atoms with Crippen LogP contribution in [0.1, 0.15) is 16.7 Å². The molecule has 138 valence electrons. The van der Waals surface area contributed by atoms with E-state index in [1.165, 1.54) is 0 Å². The van der Waals surface area contributed by atoms with Gasteiger partial charge in [-0.3, -0.25) is 9.69 Å². The summed E-state index contributed by atoms with van der Waals surface area (Å²) in [7, 11) is 0. The zero-order chi connectivity index (χ0) is 19.7. The summed E-state index contributed by atoms with van der Waals surface area (Å²) in [6.07, 6.45) is 1.79. The van der Waals surface area contributed by atoms with Gasteiger partial charge in [0.1, 0.15) is 11.5 Å². The number of benzene rings is 3. The molecule has 0 spiro atoms. The molecule has 0 saturated carbocycles. The molecule has 4 rings (SSSR count). The summed E-state index contributed by atoms with van der Waals surface area (Å²) in [6, 6.07) is 22.9. The minimum Gasteiger partial charge on any atom is -0.266 e. The van der Waals surface area contributed by atoms with Gasteiger partial charge >= 0.3 is 0 Å². The molecule has 28 heavy (non-hydrogen) atoms. The largest absolute Gasteiger partial charge is 0.282 e. The Morgan fingerprint density at radius 2 is 1.75 bits per heavy atom. The van der Waals surface area contributed by atoms with Crippen molar-refractivity contribution < 1.29 is 4.79 Å². The highest BCUT2D eigenvalue weighted by molar-refractivity contribution is 9.10. The maximum atomic E-state index is 13.3. The van der Waals surface area contributed by atoms with E-state index in [2.05, 4.69) is 20.9 Å². The van der Waals surface area contributed by atoms with Crippen molar-refractivity contribution in [3.05, 3.63) is 105 Å². The molecule has 1 heterocycles. The molecule has 0 aromatic heterocycles. The number of carbonyl (C=O) groups is 1. The second-order valence-electron chi connectivity index (χ2n) is 6.48. The molecule has 0 aliphatic carbocycles. The Balaban J connectivity index is 1.85. The number of carbonyl (C=O) groups excluding carboxylic acids is 1. The monoisotopic (exact) mass is 450 g/mol. The highest BCUT2D eigenvalue weighted by atomic mass is 79.9. The molecule has 3 nitrogen and oxygen atoms in total. The Morgan fingerprint density at radius 3 is 2.46 bits per heavy atom. The minimum absolute atomic E-state index is 0.182. The van der Waals surface area contributed by atoms with Crippen LogP contribution < -0.4 is 4.90 Å². The Bertz CT molecular complexity index is 1120. The van der Waals surface area contributed by atoms with Gasteiger partial charge in [0.05, 0.1) is 10.7 Å². The van der Waals surface area contributed by atoms with Crippen LogP contribution in [0.5, 0.6) is 0 Å². The van der Waals surface area contributed by atoms with Gasteiger partial charge in [0.25, 0.3) is 5.91 Å². The molecule has 0 fully saturated rings. The molecule has 0 atom stereocenters. The van der Waals surface area contributed by atoms with Gasteiger partial charge in [-0.25, -0.2) is 4.99 Å². The van der Waals surface area contributed by atoms with Crippen molar-refractivity contribution in [1.82, 2.24) is 0 Å². The third-order valence-electron chi connectivity index (χ3n) is 4.42. The van der Waals surface area contributed by atoms with Crippen LogP contribution in [0.15, 0.2) is 88.0 Å². The molecule has 0 bridgehead atoms. The summed E-state index contributed by atoms with van der Waals surface area (Å²) in [5.74, 6) is 0.347. The van der Waals surface area contributed by atoms with Crippen molar-refractivity contribution in [3.63, 3.8) is 0 Å². The van der Waals surface area contributed by atoms with Crippen LogP contribution in [0.2, 0.25) is 5.02 Å². The van der Waals surface area contributed by atoms with Crippen LogP contribution in [-0.2, 0) is 4.79 Å². The third-order valence-corrected chi connectivity index (χ3v) is 5.24. The standard InChI is InChI=1S/C23H16BrClN2O/c1-15-9-11-18(12-10-15)27-22(19-7-2-3-8-20(19)25)26-21(23(27)28)14-16-5-4-6-17(24)13-16/h2-14H,1H3/b21-14+. The lowest BCUT2D eigenvalue weighted by Gasteiger charge is -2.19. The Labute approximate surface area is 177 Å². The number of halogens is 2. The number of amidine groups is 1. The molecule has 1 aliphatic heterocycles. The molecule has 5 heteroatoms. The SMILES string of the molecule is Cc1ccc(N2C(=O)/C(=C\c3cccc(Br)c3)N=C2c2ccccc2Cl)cc1. The molecular formula is C23H16BrClN2O. The number of hydrogen-bond donors (Lipinski definition) is 0. The van der Waals surface area contributed by atoms with E-state index >= 15 is 0 Å². The minimum atomic E-state index is -0.182. The average molecular weight is 452 g/mol. The van der Waals surface area contributed by atoms with Crippen LogP contribution in [-0.4, -0.2) is 11.7 Å². The fraction of sp³-hybridized carbons (Fsp3) is 0.0435. The van der Waals surface area contributed by atoms with Gasteiger partial charge < -0.3 is 0 Å². The topological polar surface area (TPSA) is 32.7 Å². The van der Waals surface area contributed by atoms with Crippen molar-refractivity contribution in [2.24, 2.45) is 4.99 Å². The number of amides is 1. The maximum Gasteiger partial charge on any atom is 0.282 e. The Hall–Kier alpha value is -2.69. The lowest BCUT2D eigenvalue weighted by atomic mass is 10.1. The summed E-state index contributed by atoms with van der Waals surface area (Å²) in [6.45, 7) is 2.01. The van der Waals surface area contributed by atoms with Gasteiger partial charge in [0.2, 0.25) is 0 Å². The van der Waals surface area contributed by atoms with Crippen molar-refractivity contribution in [2.75, 3.05) is 4.90 Å². The first-order valence-corrected chi connectivity index (χ1v) is 9.92. The third kappa shape index (κ3) is 3.66. The Morgan fingerprint density at radius 1 is 1.00 bits per heavy atom. The number of hydrogen-bond acceptors (Lipinski definition) is 2. The van der Waals surface area contributed by atoms with E-state index < -0.39 is 0 Å². The average Bonchev–Trinajstić information content (AvgIpc) is 2.99. The van der Waals surface area contributed by atoms with Crippen molar-refractivity contribution in [1.29, 1.82) is 0 Å². The van der Waals surface area contributed by atoms with Crippen molar-refractivity contribution in [2.45, 2.75) is 6.92 Å². The first-order chi connectivity index (χ1) is 13.5. The second-order valence-corrected chi connectivity index (χ2v) is 7.80. The second kappa shape index (κ2) is 7.74. The van der Waals surface area contributed by atoms with E-state index in [0.29, 0.717) is 16.6 Å². The van der Waals surface area contributed by atoms with Crippen molar-refractivity contribution in [3.8, 4) is 0 Å². The number of nitrogens with zero attached hydrogens (tertiary/aromatic N) is 2. The summed E-state index contributed by atoms with van der Waals surface area (Å²) >= 11 is 9.88. The highest BCUT2D eigenvalue weighted by Gasteiger charge is 2.33. The van der Waals surface area contributed by atoms with Crippen LogP contribution >= 0.6 is 27.5 Å². The van der Waals surface area contributed by atoms with Crippen LogP contribution in [0, 0.1) is 6.92 Å². The maximum absolute atomic E-state index is 13.3. The summed E-state index contributed by atoms with van der Waals surface area (Å²) in [5.41, 5.74) is 3.86. The molecule has 3 aromatic rings. The lowest BCUT2D eigenvalue weighted by molar-refractivity contribution is -0.113. The zero-order valence-corrected chi connectivity index (χ0v) is 17.4.